The Labute approximate surface area is 167 Å². The van der Waals surface area contributed by atoms with E-state index in [1.165, 1.54) is 4.57 Å². The number of hydrogen-bond donors (Lipinski definition) is 2. The predicted octanol–water partition coefficient (Wildman–Crippen LogP) is 0.655. The van der Waals surface area contributed by atoms with Gasteiger partial charge in [-0.25, -0.2) is 4.98 Å². The highest BCUT2D eigenvalue weighted by atomic mass is 35.5. The van der Waals surface area contributed by atoms with Crippen molar-refractivity contribution in [2.45, 2.75) is 44.3 Å². The first-order valence-electron chi connectivity index (χ1n) is 9.39. The third-order valence-electron chi connectivity index (χ3n) is 5.97. The molecule has 3 atom stereocenters. The molecule has 5 rings (SSSR count). The van der Waals surface area contributed by atoms with Gasteiger partial charge in [0.15, 0.2) is 0 Å². The Bertz CT molecular complexity index is 1020. The molecule has 0 aliphatic carbocycles. The summed E-state index contributed by atoms with van der Waals surface area (Å²) >= 11 is 0. The van der Waals surface area contributed by atoms with Crippen molar-refractivity contribution in [2.24, 2.45) is 0 Å². The highest BCUT2D eigenvalue weighted by Crippen LogP contribution is 2.37. The third kappa shape index (κ3) is 2.70. The van der Waals surface area contributed by atoms with Gasteiger partial charge in [-0.15, -0.1) is 12.4 Å². The maximum absolute atomic E-state index is 13.5. The van der Waals surface area contributed by atoms with Gasteiger partial charge < -0.3 is 10.2 Å². The SMILES string of the molecule is Cc1nc2cccc(N3C4CNCC3C4)c2c(=O)n1C1CCC(=O)NC1=O.Cl. The molecule has 28 heavy (non-hydrogen) atoms. The third-order valence-corrected chi connectivity index (χ3v) is 5.97. The molecule has 0 radical (unpaired) electrons. The minimum Gasteiger partial charge on any atom is -0.362 e. The summed E-state index contributed by atoms with van der Waals surface area (Å²) in [6.45, 7) is 3.56. The number of imide groups is 1. The fourth-order valence-electron chi connectivity index (χ4n) is 4.72. The number of hydrogen-bond acceptors (Lipinski definition) is 6. The largest absolute Gasteiger partial charge is 0.362 e. The molecule has 2 bridgehead atoms. The summed E-state index contributed by atoms with van der Waals surface area (Å²) in [5, 5.41) is 6.30. The standard InChI is InChI=1S/C19H21N5O3.ClH/c1-10-21-13-3-2-4-14(24-11-7-12(24)9-20-8-11)17(13)19(27)23(10)15-5-6-16(25)22-18(15)26;/h2-4,11-12,15,20H,5-9H2,1H3,(H,22,25,26);1H. The van der Waals surface area contributed by atoms with Crippen LogP contribution in [0.25, 0.3) is 10.9 Å². The first-order valence-corrected chi connectivity index (χ1v) is 9.39. The normalized spacial score (nSPS) is 26.5. The van der Waals surface area contributed by atoms with Crippen LogP contribution >= 0.6 is 12.4 Å². The smallest absolute Gasteiger partial charge is 0.264 e. The fourth-order valence-corrected chi connectivity index (χ4v) is 4.72. The van der Waals surface area contributed by atoms with Gasteiger partial charge in [-0.05, 0) is 31.9 Å². The van der Waals surface area contributed by atoms with Gasteiger partial charge in [0.2, 0.25) is 11.8 Å². The molecule has 3 aliphatic rings. The van der Waals surface area contributed by atoms with E-state index in [0.717, 1.165) is 25.2 Å². The van der Waals surface area contributed by atoms with Crippen molar-refractivity contribution in [3.05, 3.63) is 34.4 Å². The second-order valence-electron chi connectivity index (χ2n) is 7.58. The van der Waals surface area contributed by atoms with E-state index in [9.17, 15) is 14.4 Å². The van der Waals surface area contributed by atoms with Crippen LogP contribution in [-0.2, 0) is 9.59 Å². The minimum atomic E-state index is -0.697. The minimum absolute atomic E-state index is 0. The number of aromatic nitrogens is 2. The van der Waals surface area contributed by atoms with Gasteiger partial charge in [0.05, 0.1) is 16.6 Å². The summed E-state index contributed by atoms with van der Waals surface area (Å²) in [4.78, 5) is 44.2. The van der Waals surface area contributed by atoms with Crippen LogP contribution in [0, 0.1) is 6.92 Å². The van der Waals surface area contributed by atoms with Gasteiger partial charge in [-0.1, -0.05) is 6.07 Å². The summed E-state index contributed by atoms with van der Waals surface area (Å²) in [5.41, 5.74) is 1.34. The molecule has 3 unspecified atom stereocenters. The molecular weight excluding hydrogens is 382 g/mol. The molecule has 2 aromatic rings. The van der Waals surface area contributed by atoms with E-state index >= 15 is 0 Å². The fraction of sp³-hybridized carbons (Fsp3) is 0.474. The van der Waals surface area contributed by atoms with Crippen molar-refractivity contribution < 1.29 is 9.59 Å². The molecule has 4 heterocycles. The molecular formula is C19H22ClN5O3. The lowest BCUT2D eigenvalue weighted by Gasteiger charge is -2.54. The average Bonchev–Trinajstić information content (AvgIpc) is 2.64. The van der Waals surface area contributed by atoms with E-state index in [2.05, 4.69) is 20.5 Å². The summed E-state index contributed by atoms with van der Waals surface area (Å²) in [5.74, 6) is -0.234. The van der Waals surface area contributed by atoms with Gasteiger partial charge in [0.1, 0.15) is 11.9 Å². The number of halogens is 1. The van der Waals surface area contributed by atoms with Gasteiger partial charge in [-0.2, -0.15) is 0 Å². The van der Waals surface area contributed by atoms with Crippen LogP contribution in [-0.4, -0.2) is 46.5 Å². The molecule has 3 aliphatic heterocycles. The average molecular weight is 404 g/mol. The number of carbonyl (C=O) groups excluding carboxylic acids is 2. The van der Waals surface area contributed by atoms with Gasteiger partial charge in [-0.3, -0.25) is 24.3 Å². The number of aryl methyl sites for hydroxylation is 1. The number of piperazine rings is 1. The van der Waals surface area contributed by atoms with E-state index in [1.54, 1.807) is 6.92 Å². The van der Waals surface area contributed by atoms with E-state index in [-0.39, 0.29) is 30.3 Å². The van der Waals surface area contributed by atoms with Crippen LogP contribution in [0.4, 0.5) is 5.69 Å². The summed E-state index contributed by atoms with van der Waals surface area (Å²) in [6, 6.07) is 5.83. The second-order valence-corrected chi connectivity index (χ2v) is 7.58. The van der Waals surface area contributed by atoms with Crippen LogP contribution < -0.4 is 21.1 Å². The van der Waals surface area contributed by atoms with Crippen LogP contribution in [0.2, 0.25) is 0 Å². The second kappa shape index (κ2) is 6.86. The number of benzene rings is 1. The zero-order valence-corrected chi connectivity index (χ0v) is 16.3. The molecule has 2 N–H and O–H groups in total. The Morgan fingerprint density at radius 1 is 1.14 bits per heavy atom. The summed E-state index contributed by atoms with van der Waals surface area (Å²) < 4.78 is 1.46. The number of nitrogens with zero attached hydrogens (tertiary/aromatic N) is 3. The number of carbonyl (C=O) groups is 2. The van der Waals surface area contributed by atoms with Crippen LogP contribution in [0.1, 0.15) is 31.1 Å². The number of fused-ring (bicyclic) bond motifs is 3. The van der Waals surface area contributed by atoms with Gasteiger partial charge in [0, 0.05) is 31.6 Å². The Balaban J connectivity index is 0.00000192. The molecule has 9 heteroatoms. The Kier molecular flexibility index (Phi) is 4.63. The van der Waals surface area contributed by atoms with Crippen molar-refractivity contribution in [3.8, 4) is 0 Å². The highest BCUT2D eigenvalue weighted by molar-refractivity contribution is 6.00. The Morgan fingerprint density at radius 3 is 2.57 bits per heavy atom. The quantitative estimate of drug-likeness (QED) is 0.715. The Morgan fingerprint density at radius 2 is 1.89 bits per heavy atom. The molecule has 8 nitrogen and oxygen atoms in total. The van der Waals surface area contributed by atoms with Gasteiger partial charge >= 0.3 is 0 Å². The molecule has 148 valence electrons. The van der Waals surface area contributed by atoms with Gasteiger partial charge in [0.25, 0.3) is 5.56 Å². The van der Waals surface area contributed by atoms with Crippen molar-refractivity contribution in [3.63, 3.8) is 0 Å². The molecule has 1 aromatic heterocycles. The summed E-state index contributed by atoms with van der Waals surface area (Å²) in [7, 11) is 0. The molecule has 3 saturated heterocycles. The molecule has 0 saturated carbocycles. The molecule has 1 aromatic carbocycles. The van der Waals surface area contributed by atoms with E-state index < -0.39 is 11.9 Å². The van der Waals surface area contributed by atoms with E-state index in [4.69, 9.17) is 0 Å². The van der Waals surface area contributed by atoms with Crippen LogP contribution in [0.15, 0.2) is 23.0 Å². The topological polar surface area (TPSA) is 96.3 Å². The lowest BCUT2D eigenvalue weighted by molar-refractivity contribution is -0.135. The lowest BCUT2D eigenvalue weighted by atomic mass is 9.87. The van der Waals surface area contributed by atoms with Crippen LogP contribution in [0.3, 0.4) is 0 Å². The Hall–Kier alpha value is -2.45. The lowest BCUT2D eigenvalue weighted by Crippen LogP contribution is -2.68. The molecule has 2 amide bonds. The van der Waals surface area contributed by atoms with Crippen molar-refractivity contribution >= 4 is 40.8 Å². The van der Waals surface area contributed by atoms with Crippen molar-refractivity contribution in [1.82, 2.24) is 20.2 Å². The zero-order chi connectivity index (χ0) is 18.7. The van der Waals surface area contributed by atoms with E-state index in [1.807, 2.05) is 18.2 Å². The number of amides is 2. The summed E-state index contributed by atoms with van der Waals surface area (Å²) in [6.07, 6.45) is 1.67. The molecule has 0 spiro atoms. The predicted molar refractivity (Wildman–Crippen MR) is 107 cm³/mol. The first kappa shape index (κ1) is 18.9. The monoisotopic (exact) mass is 403 g/mol. The number of rotatable bonds is 2. The zero-order valence-electron chi connectivity index (χ0n) is 15.5. The van der Waals surface area contributed by atoms with Crippen molar-refractivity contribution in [1.29, 1.82) is 0 Å². The molecule has 3 fully saturated rings. The first-order chi connectivity index (χ1) is 13.0. The maximum atomic E-state index is 13.5. The van der Waals surface area contributed by atoms with Crippen LogP contribution in [0.5, 0.6) is 0 Å². The van der Waals surface area contributed by atoms with E-state index in [0.29, 0.717) is 35.2 Å². The maximum Gasteiger partial charge on any atom is 0.264 e. The number of nitrogens with one attached hydrogen (secondary N) is 2. The van der Waals surface area contributed by atoms with Crippen molar-refractivity contribution in [2.75, 3.05) is 18.0 Å². The number of anilines is 1. The number of piperidine rings is 2. The highest BCUT2D eigenvalue weighted by Gasteiger charge is 2.42.